The minimum atomic E-state index is -0.474. The van der Waals surface area contributed by atoms with E-state index in [0.29, 0.717) is 47.4 Å². The van der Waals surface area contributed by atoms with Crippen molar-refractivity contribution in [2.75, 3.05) is 47.1 Å². The summed E-state index contributed by atoms with van der Waals surface area (Å²) in [6.45, 7) is 7.49. The molecule has 1 fully saturated rings. The first kappa shape index (κ1) is 28.6. The molecule has 0 spiro atoms. The van der Waals surface area contributed by atoms with Crippen molar-refractivity contribution in [3.63, 3.8) is 0 Å². The monoisotopic (exact) mass is 523 g/mol. The van der Waals surface area contributed by atoms with Gasteiger partial charge in [0.15, 0.2) is 28.8 Å². The average molecular weight is 524 g/mol. The van der Waals surface area contributed by atoms with Crippen molar-refractivity contribution < 1.29 is 33.3 Å². The van der Waals surface area contributed by atoms with Gasteiger partial charge in [-0.25, -0.2) is 4.79 Å². The van der Waals surface area contributed by atoms with E-state index in [1.165, 1.54) is 4.90 Å². The van der Waals surface area contributed by atoms with Crippen molar-refractivity contribution in [1.29, 1.82) is 0 Å². The summed E-state index contributed by atoms with van der Waals surface area (Å²) in [6, 6.07) is 11.0. The van der Waals surface area contributed by atoms with Gasteiger partial charge in [-0.05, 0) is 67.3 Å². The zero-order chi connectivity index (χ0) is 27.5. The summed E-state index contributed by atoms with van der Waals surface area (Å²) in [6.07, 6.45) is 4.83. The van der Waals surface area contributed by atoms with E-state index in [-0.39, 0.29) is 25.5 Å². The summed E-state index contributed by atoms with van der Waals surface area (Å²) in [4.78, 5) is 27.7. The summed E-state index contributed by atoms with van der Waals surface area (Å²) >= 11 is 0. The van der Waals surface area contributed by atoms with Crippen LogP contribution in [-0.2, 0) is 9.53 Å². The Balaban J connectivity index is 1.97. The lowest BCUT2D eigenvalue weighted by molar-refractivity contribution is -0.113. The molecule has 8 heteroatoms. The first-order valence-corrected chi connectivity index (χ1v) is 12.9. The molecule has 204 valence electrons. The fraction of sp³-hybridized carbons (Fsp3) is 0.400. The van der Waals surface area contributed by atoms with E-state index in [4.69, 9.17) is 23.7 Å². The molecule has 1 heterocycles. The molecule has 0 unspecified atom stereocenters. The predicted molar refractivity (Wildman–Crippen MR) is 147 cm³/mol. The molecule has 1 aliphatic rings. The highest BCUT2D eigenvalue weighted by Gasteiger charge is 2.30. The maximum atomic E-state index is 13.6. The van der Waals surface area contributed by atoms with Crippen LogP contribution in [-0.4, -0.2) is 63.9 Å². The molecular weight excluding hydrogens is 486 g/mol. The van der Waals surface area contributed by atoms with Gasteiger partial charge in [-0.1, -0.05) is 26.0 Å². The summed E-state index contributed by atoms with van der Waals surface area (Å²) in [5.41, 5.74) is 2.46. The van der Waals surface area contributed by atoms with Gasteiger partial charge < -0.3 is 23.7 Å². The van der Waals surface area contributed by atoms with Gasteiger partial charge in [-0.2, -0.15) is 0 Å². The lowest BCUT2D eigenvalue weighted by Crippen LogP contribution is -2.41. The Morgan fingerprint density at radius 2 is 1.26 bits per heavy atom. The molecule has 2 aromatic rings. The molecule has 38 heavy (non-hydrogen) atoms. The number of ketones is 1. The Labute approximate surface area is 224 Å². The molecule has 8 nitrogen and oxygen atoms in total. The molecule has 0 N–H and O–H groups in total. The van der Waals surface area contributed by atoms with Crippen LogP contribution in [0, 0.1) is 0 Å². The number of hydrogen-bond donors (Lipinski definition) is 0. The van der Waals surface area contributed by atoms with Crippen LogP contribution in [0.25, 0.3) is 12.2 Å². The zero-order valence-electron chi connectivity index (χ0n) is 22.9. The second-order valence-corrected chi connectivity index (χ2v) is 8.74. The number of amides is 1. The fourth-order valence-corrected chi connectivity index (χ4v) is 4.00. The number of methoxy groups -OCH3 is 2. The zero-order valence-corrected chi connectivity index (χ0v) is 22.9. The van der Waals surface area contributed by atoms with Crippen LogP contribution in [0.5, 0.6) is 23.0 Å². The molecule has 0 saturated carbocycles. The highest BCUT2D eigenvalue weighted by Crippen LogP contribution is 2.32. The normalized spacial score (nSPS) is 15.5. The van der Waals surface area contributed by atoms with Crippen molar-refractivity contribution in [3.8, 4) is 23.0 Å². The van der Waals surface area contributed by atoms with E-state index < -0.39 is 6.09 Å². The molecule has 1 aliphatic heterocycles. The number of carbonyl (C=O) groups excluding carboxylic acids is 2. The minimum Gasteiger partial charge on any atom is -0.493 e. The summed E-state index contributed by atoms with van der Waals surface area (Å²) in [5.74, 6) is 2.29. The maximum Gasteiger partial charge on any atom is 0.410 e. The van der Waals surface area contributed by atoms with Gasteiger partial charge in [0.2, 0.25) is 0 Å². The number of Topliss-reactive ketones (excluding diaryl/α,β-unsaturated/α-hetero) is 1. The second-order valence-electron chi connectivity index (χ2n) is 8.74. The quantitative estimate of drug-likeness (QED) is 0.345. The Kier molecular flexibility index (Phi) is 10.6. The van der Waals surface area contributed by atoms with Gasteiger partial charge in [0.25, 0.3) is 0 Å². The lowest BCUT2D eigenvalue weighted by atomic mass is 9.94. The van der Waals surface area contributed by atoms with Crippen molar-refractivity contribution in [2.45, 2.75) is 33.6 Å². The smallest absolute Gasteiger partial charge is 0.410 e. The second kappa shape index (κ2) is 14.1. The van der Waals surface area contributed by atoms with Crippen LogP contribution in [0.1, 0.15) is 44.7 Å². The van der Waals surface area contributed by atoms with E-state index in [0.717, 1.165) is 24.0 Å². The molecule has 0 radical (unpaired) electrons. The predicted octanol–water partition coefficient (Wildman–Crippen LogP) is 5.79. The number of piperidine rings is 1. The minimum absolute atomic E-state index is 0.137. The van der Waals surface area contributed by atoms with Crippen LogP contribution < -0.4 is 18.9 Å². The average Bonchev–Trinajstić information content (AvgIpc) is 2.93. The number of rotatable bonds is 11. The number of ether oxygens (including phenoxy) is 5. The summed E-state index contributed by atoms with van der Waals surface area (Å²) in [7, 11) is 3.15. The van der Waals surface area contributed by atoms with Gasteiger partial charge in [-0.15, -0.1) is 0 Å². The van der Waals surface area contributed by atoms with Crippen LogP contribution in [0.15, 0.2) is 47.5 Å². The molecular formula is C30H37NO7. The Bertz CT molecular complexity index is 1100. The van der Waals surface area contributed by atoms with E-state index in [9.17, 15) is 9.59 Å². The molecule has 0 bridgehead atoms. The largest absolute Gasteiger partial charge is 0.493 e. The van der Waals surface area contributed by atoms with Crippen LogP contribution in [0.3, 0.4) is 0 Å². The standard InChI is InChI=1S/C30H37NO7/c1-6-13-37-25-11-9-21(17-27(25)34-4)15-23-19-31(30(33)36-8-3)20-24(29(23)32)16-22-10-12-26(38-14-7-2)28(18-22)35-5/h9-12,15-18H,6-8,13-14,19-20H2,1-5H3/b23-15+,24-16+. The number of nitrogens with zero attached hydrogens (tertiary/aromatic N) is 1. The third-order valence-corrected chi connectivity index (χ3v) is 5.81. The molecule has 1 saturated heterocycles. The third kappa shape index (κ3) is 7.31. The van der Waals surface area contributed by atoms with Crippen molar-refractivity contribution in [1.82, 2.24) is 4.90 Å². The van der Waals surface area contributed by atoms with E-state index in [1.807, 2.05) is 50.2 Å². The summed E-state index contributed by atoms with van der Waals surface area (Å²) < 4.78 is 27.7. The van der Waals surface area contributed by atoms with E-state index in [1.54, 1.807) is 33.3 Å². The Morgan fingerprint density at radius 1 is 0.789 bits per heavy atom. The highest BCUT2D eigenvalue weighted by molar-refractivity contribution is 6.15. The van der Waals surface area contributed by atoms with Crippen LogP contribution in [0.4, 0.5) is 4.79 Å². The lowest BCUT2D eigenvalue weighted by Gasteiger charge is -2.29. The number of likely N-dealkylation sites (tertiary alicyclic amines) is 1. The van der Waals surface area contributed by atoms with Gasteiger partial charge in [0.1, 0.15) is 0 Å². The van der Waals surface area contributed by atoms with Crippen molar-refractivity contribution in [2.24, 2.45) is 0 Å². The third-order valence-electron chi connectivity index (χ3n) is 5.81. The SMILES string of the molecule is CCCOc1ccc(/C=C2\CN(C(=O)OCC)C/C(=C\c3ccc(OCCC)c(OC)c3)C2=O)cc1OC. The highest BCUT2D eigenvalue weighted by atomic mass is 16.6. The van der Waals surface area contributed by atoms with Gasteiger partial charge >= 0.3 is 6.09 Å². The van der Waals surface area contributed by atoms with Crippen molar-refractivity contribution in [3.05, 3.63) is 58.7 Å². The van der Waals surface area contributed by atoms with Crippen LogP contribution >= 0.6 is 0 Å². The van der Waals surface area contributed by atoms with Gasteiger partial charge in [0.05, 0.1) is 47.1 Å². The van der Waals surface area contributed by atoms with E-state index in [2.05, 4.69) is 0 Å². The molecule has 1 amide bonds. The van der Waals surface area contributed by atoms with Gasteiger partial charge in [0, 0.05) is 11.1 Å². The number of benzene rings is 2. The van der Waals surface area contributed by atoms with Crippen molar-refractivity contribution >= 4 is 24.0 Å². The molecule has 0 aliphatic carbocycles. The van der Waals surface area contributed by atoms with Crippen LogP contribution in [0.2, 0.25) is 0 Å². The molecule has 0 atom stereocenters. The molecule has 2 aromatic carbocycles. The molecule has 3 rings (SSSR count). The summed E-state index contributed by atoms with van der Waals surface area (Å²) in [5, 5.41) is 0. The fourth-order valence-electron chi connectivity index (χ4n) is 4.00. The number of hydrogen-bond acceptors (Lipinski definition) is 7. The van der Waals surface area contributed by atoms with Gasteiger partial charge in [-0.3, -0.25) is 9.69 Å². The first-order chi connectivity index (χ1) is 18.4. The van der Waals surface area contributed by atoms with E-state index >= 15 is 0 Å². The topological polar surface area (TPSA) is 83.5 Å². The Morgan fingerprint density at radius 3 is 1.66 bits per heavy atom. The maximum absolute atomic E-state index is 13.6. The Hall–Kier alpha value is -3.94. The first-order valence-electron chi connectivity index (χ1n) is 12.9. The molecule has 0 aromatic heterocycles. The number of carbonyl (C=O) groups is 2.